The van der Waals surface area contributed by atoms with Gasteiger partial charge in [0.2, 0.25) is 17.7 Å². The average molecular weight is 330 g/mol. The van der Waals surface area contributed by atoms with E-state index in [0.717, 1.165) is 31.3 Å². The number of likely N-dealkylation sites (tertiary alicyclic amines) is 1. The Morgan fingerprint density at radius 1 is 1.29 bits per heavy atom. The topological polar surface area (TPSA) is 62.5 Å². The molecule has 2 heterocycles. The van der Waals surface area contributed by atoms with Gasteiger partial charge in [0, 0.05) is 32.1 Å². The van der Waals surface area contributed by atoms with Crippen molar-refractivity contribution in [3.05, 3.63) is 11.8 Å². The van der Waals surface area contributed by atoms with Gasteiger partial charge < -0.3 is 9.32 Å². The van der Waals surface area contributed by atoms with Crippen LogP contribution in [0.1, 0.15) is 62.6 Å². The van der Waals surface area contributed by atoms with Crippen LogP contribution in [0.3, 0.4) is 0 Å². The molecule has 5 rings (SSSR count). The predicted octanol–water partition coefficient (Wildman–Crippen LogP) is 1.92. The molecule has 1 aromatic heterocycles. The number of fused-ring (bicyclic) bond motifs is 1. The molecule has 6 nitrogen and oxygen atoms in total. The third-order valence-electron chi connectivity index (χ3n) is 6.58. The highest BCUT2D eigenvalue weighted by molar-refractivity contribution is 5.78. The number of likely N-dealkylation sites (N-methyl/N-ethyl adjacent to an activating group) is 1. The molecule has 6 heteroatoms. The largest absolute Gasteiger partial charge is 0.424 e. The van der Waals surface area contributed by atoms with Crippen LogP contribution in [0.2, 0.25) is 0 Å². The van der Waals surface area contributed by atoms with Gasteiger partial charge in [-0.2, -0.15) is 0 Å². The monoisotopic (exact) mass is 330 g/mol. The molecule has 24 heavy (non-hydrogen) atoms. The average Bonchev–Trinajstić information content (AvgIpc) is 3.47. The summed E-state index contributed by atoms with van der Waals surface area (Å²) in [6.45, 7) is 2.43. The first-order chi connectivity index (χ1) is 11.7. The molecule has 0 bridgehead atoms. The molecular formula is C18H26N4O2. The number of hydrogen-bond acceptors (Lipinski definition) is 5. The number of hydrogen-bond donors (Lipinski definition) is 0. The summed E-state index contributed by atoms with van der Waals surface area (Å²) in [7, 11) is 1.95. The Morgan fingerprint density at radius 3 is 2.88 bits per heavy atom. The van der Waals surface area contributed by atoms with E-state index in [2.05, 4.69) is 15.1 Å². The van der Waals surface area contributed by atoms with Crippen molar-refractivity contribution in [2.75, 3.05) is 26.7 Å². The van der Waals surface area contributed by atoms with Crippen molar-refractivity contribution in [3.63, 3.8) is 0 Å². The molecule has 1 aliphatic heterocycles. The van der Waals surface area contributed by atoms with E-state index in [9.17, 15) is 4.79 Å². The van der Waals surface area contributed by atoms with Gasteiger partial charge >= 0.3 is 0 Å². The van der Waals surface area contributed by atoms with Crippen LogP contribution in [0.5, 0.6) is 0 Å². The molecule has 4 aliphatic rings. The van der Waals surface area contributed by atoms with Crippen molar-refractivity contribution < 1.29 is 9.21 Å². The van der Waals surface area contributed by atoms with E-state index >= 15 is 0 Å². The number of nitrogens with zero attached hydrogens (tertiary/aromatic N) is 4. The van der Waals surface area contributed by atoms with Gasteiger partial charge in [-0.1, -0.05) is 6.42 Å². The Kier molecular flexibility index (Phi) is 3.27. The fraction of sp³-hybridized carbons (Fsp3) is 0.833. The summed E-state index contributed by atoms with van der Waals surface area (Å²) in [6, 6.07) is 0.491. The SMILES string of the molecule is CN(C(=O)CN1C[C@@H]2CCC[C@]2(c2nnc(C3CC3)o2)C1)C1CC1. The lowest BCUT2D eigenvalue weighted by Gasteiger charge is -2.25. The lowest BCUT2D eigenvalue weighted by atomic mass is 9.80. The Hall–Kier alpha value is -1.43. The van der Waals surface area contributed by atoms with Crippen molar-refractivity contribution in [2.45, 2.75) is 62.3 Å². The van der Waals surface area contributed by atoms with E-state index in [-0.39, 0.29) is 11.3 Å². The molecule has 0 N–H and O–H groups in total. The third kappa shape index (κ3) is 2.38. The molecule has 1 aromatic rings. The molecule has 130 valence electrons. The van der Waals surface area contributed by atoms with E-state index in [4.69, 9.17) is 4.42 Å². The zero-order chi connectivity index (χ0) is 16.3. The van der Waals surface area contributed by atoms with Crippen molar-refractivity contribution >= 4 is 5.91 Å². The van der Waals surface area contributed by atoms with E-state index < -0.39 is 0 Å². The molecule has 4 fully saturated rings. The first kappa shape index (κ1) is 14.9. The van der Waals surface area contributed by atoms with Crippen LogP contribution in [-0.2, 0) is 10.2 Å². The summed E-state index contributed by atoms with van der Waals surface area (Å²) in [5, 5.41) is 8.75. The summed E-state index contributed by atoms with van der Waals surface area (Å²) in [6.07, 6.45) is 8.27. The minimum absolute atomic E-state index is 0.00142. The molecule has 1 amide bonds. The maximum atomic E-state index is 12.5. The zero-order valence-electron chi connectivity index (χ0n) is 14.4. The molecule has 0 radical (unpaired) electrons. The molecule has 2 atom stereocenters. The van der Waals surface area contributed by atoms with E-state index in [1.54, 1.807) is 0 Å². The van der Waals surface area contributed by atoms with Crippen LogP contribution in [0.4, 0.5) is 0 Å². The summed E-state index contributed by atoms with van der Waals surface area (Å²) in [4.78, 5) is 16.7. The van der Waals surface area contributed by atoms with E-state index in [1.165, 1.54) is 38.5 Å². The summed E-state index contributed by atoms with van der Waals surface area (Å²) < 4.78 is 6.10. The highest BCUT2D eigenvalue weighted by Gasteiger charge is 2.54. The summed E-state index contributed by atoms with van der Waals surface area (Å²) in [5.41, 5.74) is -0.00142. The Bertz CT molecular complexity index is 651. The van der Waals surface area contributed by atoms with E-state index in [1.807, 2.05) is 11.9 Å². The highest BCUT2D eigenvalue weighted by Crippen LogP contribution is 2.51. The molecule has 3 saturated carbocycles. The Balaban J connectivity index is 1.32. The van der Waals surface area contributed by atoms with Gasteiger partial charge in [-0.25, -0.2) is 0 Å². The first-order valence-corrected chi connectivity index (χ1v) is 9.47. The number of aromatic nitrogens is 2. The fourth-order valence-corrected chi connectivity index (χ4v) is 4.76. The van der Waals surface area contributed by atoms with E-state index in [0.29, 0.717) is 24.4 Å². The van der Waals surface area contributed by atoms with Gasteiger partial charge in [0.25, 0.3) is 0 Å². The second-order valence-electron chi connectivity index (χ2n) is 8.37. The minimum Gasteiger partial charge on any atom is -0.424 e. The van der Waals surface area contributed by atoms with Crippen LogP contribution in [0.25, 0.3) is 0 Å². The van der Waals surface area contributed by atoms with Gasteiger partial charge in [-0.3, -0.25) is 9.69 Å². The second-order valence-corrected chi connectivity index (χ2v) is 8.37. The van der Waals surface area contributed by atoms with Crippen molar-refractivity contribution in [2.24, 2.45) is 5.92 Å². The summed E-state index contributed by atoms with van der Waals surface area (Å²) in [5.74, 6) is 3.01. The Morgan fingerprint density at radius 2 is 2.12 bits per heavy atom. The first-order valence-electron chi connectivity index (χ1n) is 9.47. The second kappa shape index (κ2) is 5.28. The van der Waals surface area contributed by atoms with Gasteiger partial charge in [0.15, 0.2) is 0 Å². The van der Waals surface area contributed by atoms with Gasteiger partial charge in [-0.05, 0) is 44.4 Å². The number of rotatable bonds is 5. The van der Waals surface area contributed by atoms with Crippen molar-refractivity contribution in [1.29, 1.82) is 0 Å². The number of carbonyl (C=O) groups excluding carboxylic acids is 1. The van der Waals surface area contributed by atoms with Crippen molar-refractivity contribution in [1.82, 2.24) is 20.0 Å². The van der Waals surface area contributed by atoms with Crippen LogP contribution < -0.4 is 0 Å². The molecule has 0 spiro atoms. The lowest BCUT2D eigenvalue weighted by Crippen LogP contribution is -2.40. The standard InChI is InChI=1S/C18H26N4O2/c1-21(14-6-7-14)15(23)10-22-9-13-3-2-8-18(13,11-22)17-20-19-16(24-17)12-4-5-12/h12-14H,2-11H2,1H3/t13-,18-/m0/s1. The smallest absolute Gasteiger partial charge is 0.236 e. The molecular weight excluding hydrogens is 304 g/mol. The summed E-state index contributed by atoms with van der Waals surface area (Å²) >= 11 is 0. The minimum atomic E-state index is -0.00142. The number of carbonyl (C=O) groups is 1. The van der Waals surface area contributed by atoms with Gasteiger partial charge in [-0.15, -0.1) is 10.2 Å². The normalized spacial score (nSPS) is 33.0. The maximum Gasteiger partial charge on any atom is 0.236 e. The predicted molar refractivity (Wildman–Crippen MR) is 87.5 cm³/mol. The molecule has 3 aliphatic carbocycles. The lowest BCUT2D eigenvalue weighted by molar-refractivity contribution is -0.131. The molecule has 0 aromatic carbocycles. The van der Waals surface area contributed by atoms with Crippen LogP contribution in [0.15, 0.2) is 4.42 Å². The van der Waals surface area contributed by atoms with Gasteiger partial charge in [0.05, 0.1) is 12.0 Å². The Labute approximate surface area is 142 Å². The van der Waals surface area contributed by atoms with Crippen LogP contribution in [-0.4, -0.2) is 58.6 Å². The number of amides is 1. The molecule has 0 unspecified atom stereocenters. The molecule has 1 saturated heterocycles. The van der Waals surface area contributed by atoms with Crippen molar-refractivity contribution in [3.8, 4) is 0 Å². The van der Waals surface area contributed by atoms with Crippen LogP contribution in [0, 0.1) is 5.92 Å². The van der Waals surface area contributed by atoms with Crippen LogP contribution >= 0.6 is 0 Å². The van der Waals surface area contributed by atoms with Gasteiger partial charge in [0.1, 0.15) is 0 Å². The highest BCUT2D eigenvalue weighted by atomic mass is 16.4. The maximum absolute atomic E-state index is 12.5. The third-order valence-corrected chi connectivity index (χ3v) is 6.58. The quantitative estimate of drug-likeness (QED) is 0.825. The zero-order valence-corrected chi connectivity index (χ0v) is 14.4. The fourth-order valence-electron chi connectivity index (χ4n) is 4.76.